The van der Waals surface area contributed by atoms with Crippen LogP contribution in [0.25, 0.3) is 11.4 Å². The molecule has 22 heavy (non-hydrogen) atoms. The number of nitrogens with one attached hydrogen (secondary N) is 2. The van der Waals surface area contributed by atoms with Gasteiger partial charge in [0.25, 0.3) is 0 Å². The van der Waals surface area contributed by atoms with Gasteiger partial charge in [-0.3, -0.25) is 4.79 Å². The van der Waals surface area contributed by atoms with E-state index in [2.05, 4.69) is 25.9 Å². The van der Waals surface area contributed by atoms with Gasteiger partial charge >= 0.3 is 0 Å². The first-order valence-corrected chi connectivity index (χ1v) is 7.35. The molecule has 0 unspecified atom stereocenters. The van der Waals surface area contributed by atoms with Crippen molar-refractivity contribution in [2.75, 3.05) is 7.11 Å². The summed E-state index contributed by atoms with van der Waals surface area (Å²) in [6.07, 6.45) is 3.48. The number of aromatic nitrogens is 4. The number of ether oxygens (including phenoxy) is 1. The molecule has 3 rings (SSSR count). The first kappa shape index (κ1) is 14.6. The molecule has 0 atom stereocenters. The number of nitrogens with zero attached hydrogens (tertiary/aromatic N) is 3. The van der Waals surface area contributed by atoms with Crippen LogP contribution >= 0.6 is 0 Å². The Morgan fingerprint density at radius 2 is 2.32 bits per heavy atom. The van der Waals surface area contributed by atoms with Gasteiger partial charge in [0.1, 0.15) is 0 Å². The number of tetrazole rings is 1. The summed E-state index contributed by atoms with van der Waals surface area (Å²) in [6.45, 7) is 0.477. The van der Waals surface area contributed by atoms with Crippen LogP contribution in [0, 0.1) is 0 Å². The van der Waals surface area contributed by atoms with Gasteiger partial charge in [-0.1, -0.05) is 18.2 Å². The van der Waals surface area contributed by atoms with Crippen LogP contribution in [-0.2, 0) is 16.1 Å². The third-order valence-corrected chi connectivity index (χ3v) is 4.20. The van der Waals surface area contributed by atoms with Gasteiger partial charge < -0.3 is 10.1 Å². The van der Waals surface area contributed by atoms with Crippen LogP contribution in [0.1, 0.15) is 31.2 Å². The molecule has 1 fully saturated rings. The monoisotopic (exact) mass is 301 g/mol. The maximum atomic E-state index is 12.1. The van der Waals surface area contributed by atoms with Crippen LogP contribution in [0.3, 0.4) is 0 Å². The third kappa shape index (κ3) is 3.14. The largest absolute Gasteiger partial charge is 0.378 e. The van der Waals surface area contributed by atoms with Crippen LogP contribution in [0.2, 0.25) is 0 Å². The van der Waals surface area contributed by atoms with E-state index in [1.165, 1.54) is 0 Å². The Bertz CT molecular complexity index is 632. The summed E-state index contributed by atoms with van der Waals surface area (Å²) in [6, 6.07) is 7.72. The standard InChI is InChI=1S/C15H19N5O2/c1-22-15(6-3-7-15)9-13(21)16-10-11-4-2-5-12(8-11)14-17-19-20-18-14/h2,4-5,8H,3,6-7,9-10H2,1H3,(H,16,21)(H,17,18,19,20). The molecule has 1 aromatic carbocycles. The molecule has 1 aliphatic carbocycles. The molecule has 1 aliphatic rings. The fourth-order valence-electron chi connectivity index (χ4n) is 2.68. The van der Waals surface area contributed by atoms with Gasteiger partial charge in [-0.2, -0.15) is 5.21 Å². The molecule has 0 bridgehead atoms. The Morgan fingerprint density at radius 1 is 1.45 bits per heavy atom. The molecular weight excluding hydrogens is 282 g/mol. The lowest BCUT2D eigenvalue weighted by molar-refractivity contribution is -0.134. The number of H-pyrrole nitrogens is 1. The average molecular weight is 301 g/mol. The Balaban J connectivity index is 1.57. The number of carbonyl (C=O) groups excluding carboxylic acids is 1. The molecular formula is C15H19N5O2. The lowest BCUT2D eigenvalue weighted by atomic mass is 9.77. The van der Waals surface area contributed by atoms with Crippen LogP contribution in [0.5, 0.6) is 0 Å². The maximum Gasteiger partial charge on any atom is 0.223 e. The molecule has 0 saturated heterocycles. The minimum Gasteiger partial charge on any atom is -0.378 e. The first-order valence-electron chi connectivity index (χ1n) is 7.35. The SMILES string of the molecule is COC1(CC(=O)NCc2cccc(-c3nn[nH]n3)c2)CCC1. The van der Waals surface area contributed by atoms with E-state index < -0.39 is 0 Å². The van der Waals surface area contributed by atoms with Crippen molar-refractivity contribution in [3.63, 3.8) is 0 Å². The molecule has 2 aromatic rings. The molecule has 0 aliphatic heterocycles. The van der Waals surface area contributed by atoms with Crippen molar-refractivity contribution in [1.29, 1.82) is 0 Å². The summed E-state index contributed by atoms with van der Waals surface area (Å²) < 4.78 is 5.48. The minimum absolute atomic E-state index is 0.0199. The summed E-state index contributed by atoms with van der Waals surface area (Å²) in [5, 5.41) is 16.8. The number of carbonyl (C=O) groups is 1. The molecule has 0 radical (unpaired) electrons. The van der Waals surface area contributed by atoms with Gasteiger partial charge in [-0.05, 0) is 36.1 Å². The minimum atomic E-state index is -0.240. The normalized spacial score (nSPS) is 16.0. The summed E-state index contributed by atoms with van der Waals surface area (Å²) in [7, 11) is 1.68. The van der Waals surface area contributed by atoms with E-state index in [-0.39, 0.29) is 11.5 Å². The fourth-order valence-corrected chi connectivity index (χ4v) is 2.68. The van der Waals surface area contributed by atoms with E-state index in [4.69, 9.17) is 4.74 Å². The third-order valence-electron chi connectivity index (χ3n) is 4.20. The topological polar surface area (TPSA) is 92.8 Å². The quantitative estimate of drug-likeness (QED) is 0.842. The average Bonchev–Trinajstić information content (AvgIpc) is 3.04. The lowest BCUT2D eigenvalue weighted by Crippen LogP contribution is -2.43. The fraction of sp³-hybridized carbons (Fsp3) is 0.467. The number of amides is 1. The molecule has 1 heterocycles. The Hall–Kier alpha value is -2.28. The van der Waals surface area contributed by atoms with Crippen molar-refractivity contribution < 1.29 is 9.53 Å². The van der Waals surface area contributed by atoms with E-state index in [1.807, 2.05) is 24.3 Å². The van der Waals surface area contributed by atoms with Crippen molar-refractivity contribution in [3.05, 3.63) is 29.8 Å². The molecule has 7 heteroatoms. The second-order valence-electron chi connectivity index (χ2n) is 5.63. The van der Waals surface area contributed by atoms with Crippen LogP contribution in [-0.4, -0.2) is 39.2 Å². The Kier molecular flexibility index (Phi) is 4.15. The van der Waals surface area contributed by atoms with Gasteiger partial charge in [-0.15, -0.1) is 10.2 Å². The summed E-state index contributed by atoms with van der Waals surface area (Å²) in [4.78, 5) is 12.1. The zero-order chi connectivity index (χ0) is 15.4. The highest BCUT2D eigenvalue weighted by molar-refractivity contribution is 5.77. The smallest absolute Gasteiger partial charge is 0.223 e. The van der Waals surface area contributed by atoms with Gasteiger partial charge in [0.15, 0.2) is 0 Å². The Labute approximate surface area is 128 Å². The second-order valence-corrected chi connectivity index (χ2v) is 5.63. The molecule has 1 amide bonds. The number of methoxy groups -OCH3 is 1. The van der Waals surface area contributed by atoms with Crippen molar-refractivity contribution in [1.82, 2.24) is 25.9 Å². The van der Waals surface area contributed by atoms with Crippen LogP contribution in [0.4, 0.5) is 0 Å². The molecule has 1 saturated carbocycles. The van der Waals surface area contributed by atoms with Gasteiger partial charge in [-0.25, -0.2) is 0 Å². The van der Waals surface area contributed by atoms with E-state index in [1.54, 1.807) is 7.11 Å². The van der Waals surface area contributed by atoms with Crippen LogP contribution in [0.15, 0.2) is 24.3 Å². The van der Waals surface area contributed by atoms with Crippen molar-refractivity contribution in [3.8, 4) is 11.4 Å². The van der Waals surface area contributed by atoms with E-state index in [9.17, 15) is 4.79 Å². The number of aromatic amines is 1. The number of hydrogen-bond acceptors (Lipinski definition) is 5. The highest BCUT2D eigenvalue weighted by atomic mass is 16.5. The molecule has 0 spiro atoms. The van der Waals surface area contributed by atoms with Gasteiger partial charge in [0, 0.05) is 19.2 Å². The van der Waals surface area contributed by atoms with E-state index in [0.29, 0.717) is 18.8 Å². The molecule has 116 valence electrons. The van der Waals surface area contributed by atoms with E-state index >= 15 is 0 Å². The number of hydrogen-bond donors (Lipinski definition) is 2. The number of rotatable bonds is 6. The molecule has 1 aromatic heterocycles. The molecule has 2 N–H and O–H groups in total. The zero-order valence-electron chi connectivity index (χ0n) is 12.5. The van der Waals surface area contributed by atoms with Crippen molar-refractivity contribution in [2.24, 2.45) is 0 Å². The lowest BCUT2D eigenvalue weighted by Gasteiger charge is -2.39. The second kappa shape index (κ2) is 6.23. The van der Waals surface area contributed by atoms with Crippen molar-refractivity contribution >= 4 is 5.91 Å². The van der Waals surface area contributed by atoms with E-state index in [0.717, 1.165) is 30.4 Å². The number of benzene rings is 1. The molecule has 7 nitrogen and oxygen atoms in total. The summed E-state index contributed by atoms with van der Waals surface area (Å²) in [5.74, 6) is 0.562. The highest BCUT2D eigenvalue weighted by Gasteiger charge is 2.38. The van der Waals surface area contributed by atoms with Gasteiger partial charge in [0.2, 0.25) is 11.7 Å². The maximum absolute atomic E-state index is 12.1. The zero-order valence-corrected chi connectivity index (χ0v) is 12.5. The van der Waals surface area contributed by atoms with Crippen molar-refractivity contribution in [2.45, 2.75) is 37.8 Å². The predicted octanol–water partition coefficient (Wildman–Crippen LogP) is 1.44. The highest BCUT2D eigenvalue weighted by Crippen LogP contribution is 2.37. The first-order chi connectivity index (χ1) is 10.7. The summed E-state index contributed by atoms with van der Waals surface area (Å²) >= 11 is 0. The predicted molar refractivity (Wildman–Crippen MR) is 79.7 cm³/mol. The van der Waals surface area contributed by atoms with Crippen LogP contribution < -0.4 is 5.32 Å². The summed E-state index contributed by atoms with van der Waals surface area (Å²) in [5.41, 5.74) is 1.62. The van der Waals surface area contributed by atoms with Gasteiger partial charge in [0.05, 0.1) is 12.0 Å². The Morgan fingerprint density at radius 3 is 2.95 bits per heavy atom.